The lowest BCUT2D eigenvalue weighted by Crippen LogP contribution is -2.43. The summed E-state index contributed by atoms with van der Waals surface area (Å²) in [4.78, 5) is 16.7. The highest BCUT2D eigenvalue weighted by molar-refractivity contribution is 6.74. The van der Waals surface area contributed by atoms with Crippen LogP contribution in [0.5, 0.6) is 5.75 Å². The molecule has 3 rings (SSSR count). The SMILES string of the molecule is CC1(C2CCC(OC(=O)Nc3ccc(O[Si](C)(C)C(C)(C)C)cn3)CC2)C=CC=CC1. The van der Waals surface area contributed by atoms with Crippen LogP contribution in [0, 0.1) is 11.3 Å². The van der Waals surface area contributed by atoms with Crippen LogP contribution in [0.1, 0.15) is 59.8 Å². The van der Waals surface area contributed by atoms with Crippen molar-refractivity contribution in [3.05, 3.63) is 42.6 Å². The number of carbonyl (C=O) groups is 1. The molecule has 0 spiro atoms. The van der Waals surface area contributed by atoms with Crippen molar-refractivity contribution in [3.63, 3.8) is 0 Å². The molecule has 2 aliphatic carbocycles. The first kappa shape index (κ1) is 23.6. The summed E-state index contributed by atoms with van der Waals surface area (Å²) >= 11 is 0. The lowest BCUT2D eigenvalue weighted by Gasteiger charge is -2.40. The monoisotopic (exact) mass is 442 g/mol. The largest absolute Gasteiger partial charge is 0.542 e. The van der Waals surface area contributed by atoms with Crippen molar-refractivity contribution in [2.75, 3.05) is 5.32 Å². The van der Waals surface area contributed by atoms with Gasteiger partial charge in [-0.25, -0.2) is 9.78 Å². The van der Waals surface area contributed by atoms with Crippen molar-refractivity contribution in [1.82, 2.24) is 4.98 Å². The smallest absolute Gasteiger partial charge is 0.413 e. The molecule has 1 saturated carbocycles. The minimum atomic E-state index is -1.91. The number of aromatic nitrogens is 1. The van der Waals surface area contributed by atoms with E-state index in [1.807, 2.05) is 6.07 Å². The normalized spacial score (nSPS) is 26.4. The van der Waals surface area contributed by atoms with Crippen LogP contribution in [0.25, 0.3) is 0 Å². The highest BCUT2D eigenvalue weighted by atomic mass is 28.4. The van der Waals surface area contributed by atoms with E-state index < -0.39 is 14.4 Å². The molecule has 31 heavy (non-hydrogen) atoms. The fourth-order valence-electron chi connectivity index (χ4n) is 4.13. The standard InChI is InChI=1S/C25H38N2O3Si/c1-24(2,3)31(5,6)30-21-14-15-22(26-18-21)27-23(28)29-20-12-10-19(11-13-20)25(4)16-8-7-9-17-25/h7-9,14-16,18-20H,10-13,17H2,1-6H3,(H,26,27,28). The highest BCUT2D eigenvalue weighted by Crippen LogP contribution is 2.44. The van der Waals surface area contributed by atoms with E-state index in [4.69, 9.17) is 9.16 Å². The number of anilines is 1. The maximum atomic E-state index is 12.4. The zero-order valence-electron chi connectivity index (χ0n) is 19.9. The number of hydrogen-bond acceptors (Lipinski definition) is 4. The van der Waals surface area contributed by atoms with Gasteiger partial charge in [-0.05, 0) is 73.7 Å². The zero-order valence-corrected chi connectivity index (χ0v) is 20.9. The molecule has 0 aliphatic heterocycles. The number of hydrogen-bond donors (Lipinski definition) is 1. The molecular weight excluding hydrogens is 404 g/mol. The quantitative estimate of drug-likeness (QED) is 0.494. The molecule has 0 saturated heterocycles. The van der Waals surface area contributed by atoms with Crippen molar-refractivity contribution in [3.8, 4) is 5.75 Å². The van der Waals surface area contributed by atoms with Crippen LogP contribution in [0.2, 0.25) is 18.1 Å². The van der Waals surface area contributed by atoms with Crippen LogP contribution in [-0.4, -0.2) is 25.5 Å². The number of nitrogens with zero attached hydrogens (tertiary/aromatic N) is 1. The van der Waals surface area contributed by atoms with E-state index in [1.54, 1.807) is 12.3 Å². The summed E-state index contributed by atoms with van der Waals surface area (Å²) in [5.41, 5.74) is 0.236. The Kier molecular flexibility index (Phi) is 6.99. The van der Waals surface area contributed by atoms with Gasteiger partial charge in [0, 0.05) is 0 Å². The van der Waals surface area contributed by atoms with E-state index in [2.05, 4.69) is 75.4 Å². The molecule has 5 nitrogen and oxygen atoms in total. The Hall–Kier alpha value is -2.08. The Morgan fingerprint density at radius 3 is 2.42 bits per heavy atom. The fourth-order valence-corrected chi connectivity index (χ4v) is 5.15. The third-order valence-corrected chi connectivity index (χ3v) is 11.7. The van der Waals surface area contributed by atoms with Gasteiger partial charge in [-0.15, -0.1) is 0 Å². The van der Waals surface area contributed by atoms with Crippen molar-refractivity contribution in [1.29, 1.82) is 0 Å². The Balaban J connectivity index is 1.46. The molecule has 1 fully saturated rings. The number of carbonyl (C=O) groups excluding carboxylic acids is 1. The van der Waals surface area contributed by atoms with E-state index in [0.717, 1.165) is 37.9 Å². The number of allylic oxidation sites excluding steroid dienone is 4. The number of amides is 1. The number of rotatable bonds is 5. The van der Waals surface area contributed by atoms with Crippen molar-refractivity contribution < 1.29 is 14.0 Å². The van der Waals surface area contributed by atoms with Crippen LogP contribution in [0.4, 0.5) is 10.6 Å². The van der Waals surface area contributed by atoms with E-state index in [0.29, 0.717) is 11.7 Å². The van der Waals surface area contributed by atoms with Gasteiger partial charge in [0.2, 0.25) is 0 Å². The van der Waals surface area contributed by atoms with Gasteiger partial charge in [-0.3, -0.25) is 5.32 Å². The molecule has 1 heterocycles. The maximum Gasteiger partial charge on any atom is 0.413 e. The summed E-state index contributed by atoms with van der Waals surface area (Å²) in [6.45, 7) is 13.4. The third kappa shape index (κ3) is 6.00. The first-order chi connectivity index (χ1) is 14.5. The molecule has 1 unspecified atom stereocenters. The lowest BCUT2D eigenvalue weighted by molar-refractivity contribution is 0.0552. The average molecular weight is 443 g/mol. The molecule has 1 amide bonds. The van der Waals surface area contributed by atoms with E-state index in [9.17, 15) is 4.79 Å². The highest BCUT2D eigenvalue weighted by Gasteiger charge is 2.39. The van der Waals surface area contributed by atoms with Crippen LogP contribution >= 0.6 is 0 Å². The van der Waals surface area contributed by atoms with Crippen LogP contribution in [0.3, 0.4) is 0 Å². The molecular formula is C25H38N2O3Si. The Morgan fingerprint density at radius 1 is 1.16 bits per heavy atom. The first-order valence-corrected chi connectivity index (χ1v) is 14.4. The molecule has 6 heteroatoms. The first-order valence-electron chi connectivity index (χ1n) is 11.5. The van der Waals surface area contributed by atoms with Gasteiger partial charge in [0.1, 0.15) is 17.7 Å². The topological polar surface area (TPSA) is 60.5 Å². The predicted molar refractivity (Wildman–Crippen MR) is 129 cm³/mol. The summed E-state index contributed by atoms with van der Waals surface area (Å²) in [6.07, 6.45) is 15.2. The fraction of sp³-hybridized carbons (Fsp3) is 0.600. The molecule has 1 aromatic heterocycles. The van der Waals surface area contributed by atoms with Gasteiger partial charge in [0.05, 0.1) is 6.20 Å². The average Bonchev–Trinajstić information content (AvgIpc) is 2.69. The van der Waals surface area contributed by atoms with Crippen molar-refractivity contribution >= 4 is 20.2 Å². The minimum Gasteiger partial charge on any atom is -0.542 e. The van der Waals surface area contributed by atoms with E-state index in [1.165, 1.54) is 0 Å². The summed E-state index contributed by atoms with van der Waals surface area (Å²) < 4.78 is 11.9. The Bertz CT molecular complexity index is 818. The number of pyridine rings is 1. The zero-order chi connectivity index (χ0) is 22.7. The van der Waals surface area contributed by atoms with Crippen molar-refractivity contribution in [2.45, 2.75) is 84.0 Å². The van der Waals surface area contributed by atoms with Gasteiger partial charge in [0.15, 0.2) is 0 Å². The molecule has 2 aliphatic rings. The lowest BCUT2D eigenvalue weighted by atomic mass is 9.66. The summed E-state index contributed by atoms with van der Waals surface area (Å²) in [7, 11) is -1.91. The van der Waals surface area contributed by atoms with Crippen LogP contribution in [-0.2, 0) is 4.74 Å². The van der Waals surface area contributed by atoms with Crippen LogP contribution < -0.4 is 9.74 Å². The second-order valence-electron chi connectivity index (χ2n) is 10.7. The summed E-state index contributed by atoms with van der Waals surface area (Å²) in [5.74, 6) is 1.86. The number of nitrogens with one attached hydrogen (secondary N) is 1. The molecule has 0 aromatic carbocycles. The Labute approximate surface area is 188 Å². The second kappa shape index (κ2) is 9.19. The summed E-state index contributed by atoms with van der Waals surface area (Å²) in [5, 5.41) is 2.87. The van der Waals surface area contributed by atoms with Gasteiger partial charge in [-0.2, -0.15) is 0 Å². The molecule has 0 radical (unpaired) electrons. The second-order valence-corrected chi connectivity index (χ2v) is 15.5. The third-order valence-electron chi connectivity index (χ3n) is 7.31. The van der Waals surface area contributed by atoms with Gasteiger partial charge >= 0.3 is 6.09 Å². The van der Waals surface area contributed by atoms with Crippen LogP contribution in [0.15, 0.2) is 42.6 Å². The van der Waals surface area contributed by atoms with Gasteiger partial charge in [-0.1, -0.05) is 52.0 Å². The Morgan fingerprint density at radius 2 is 1.87 bits per heavy atom. The maximum absolute atomic E-state index is 12.4. The van der Waals surface area contributed by atoms with E-state index in [-0.39, 0.29) is 16.6 Å². The summed E-state index contributed by atoms with van der Waals surface area (Å²) in [6, 6.07) is 3.63. The van der Waals surface area contributed by atoms with Gasteiger partial charge < -0.3 is 9.16 Å². The molecule has 1 atom stereocenters. The predicted octanol–water partition coefficient (Wildman–Crippen LogP) is 7.10. The van der Waals surface area contributed by atoms with Gasteiger partial charge in [0.25, 0.3) is 8.32 Å². The number of ether oxygens (including phenoxy) is 1. The molecule has 170 valence electrons. The van der Waals surface area contributed by atoms with E-state index >= 15 is 0 Å². The molecule has 1 aromatic rings. The van der Waals surface area contributed by atoms with Crippen molar-refractivity contribution in [2.24, 2.45) is 11.3 Å². The molecule has 0 bridgehead atoms. The minimum absolute atomic E-state index is 0.0239. The molecule has 1 N–H and O–H groups in total.